The summed E-state index contributed by atoms with van der Waals surface area (Å²) in [7, 11) is 2.96. The number of fused-ring (bicyclic) bond motifs is 2. The van der Waals surface area contributed by atoms with Crippen molar-refractivity contribution in [2.45, 2.75) is 6.42 Å². The van der Waals surface area contributed by atoms with E-state index in [0.717, 1.165) is 10.6 Å². The van der Waals surface area contributed by atoms with Crippen LogP contribution in [0.1, 0.15) is 15.2 Å². The molecule has 3 heterocycles. The molecule has 27 heavy (non-hydrogen) atoms. The van der Waals surface area contributed by atoms with Crippen molar-refractivity contribution in [2.75, 3.05) is 26.5 Å². The molecule has 1 aliphatic rings. The minimum Gasteiger partial charge on any atom is -0.491 e. The van der Waals surface area contributed by atoms with E-state index in [1.807, 2.05) is 0 Å². The van der Waals surface area contributed by atoms with Crippen LogP contribution in [0, 0.1) is 0 Å². The highest BCUT2D eigenvalue weighted by atomic mass is 35.5. The summed E-state index contributed by atoms with van der Waals surface area (Å²) in [6.45, 7) is 0.512. The predicted molar refractivity (Wildman–Crippen MR) is 106 cm³/mol. The fourth-order valence-electron chi connectivity index (χ4n) is 3.03. The second-order valence-electron chi connectivity index (χ2n) is 5.87. The minimum absolute atomic E-state index is 0.0946. The van der Waals surface area contributed by atoms with E-state index >= 15 is 0 Å². The Kier molecular flexibility index (Phi) is 4.59. The van der Waals surface area contributed by atoms with Crippen LogP contribution in [0.15, 0.2) is 12.1 Å². The highest BCUT2D eigenvalue weighted by molar-refractivity contribution is 7.20. The van der Waals surface area contributed by atoms with Crippen LogP contribution in [0.3, 0.4) is 0 Å². The van der Waals surface area contributed by atoms with Gasteiger partial charge in [0.2, 0.25) is 5.95 Å². The molecule has 0 unspecified atom stereocenters. The van der Waals surface area contributed by atoms with Crippen molar-refractivity contribution in [1.29, 1.82) is 0 Å². The van der Waals surface area contributed by atoms with Crippen molar-refractivity contribution < 1.29 is 14.4 Å². The molecule has 1 aromatic carbocycles. The lowest BCUT2D eigenvalue weighted by atomic mass is 10.00. The van der Waals surface area contributed by atoms with Gasteiger partial charge < -0.3 is 10.5 Å². The van der Waals surface area contributed by atoms with Gasteiger partial charge in [-0.15, -0.1) is 11.3 Å². The number of amides is 1. The normalized spacial score (nSPS) is 12.9. The lowest BCUT2D eigenvalue weighted by molar-refractivity contribution is -0.0753. The third kappa shape index (κ3) is 2.98. The van der Waals surface area contributed by atoms with E-state index < -0.39 is 0 Å². The van der Waals surface area contributed by atoms with E-state index in [-0.39, 0.29) is 11.9 Å². The Hall–Kier alpha value is -2.13. The summed E-state index contributed by atoms with van der Waals surface area (Å²) in [5.74, 6) is 0.407. The summed E-state index contributed by atoms with van der Waals surface area (Å²) in [5, 5.41) is 2.72. The molecule has 0 saturated carbocycles. The Morgan fingerprint density at radius 3 is 2.85 bits per heavy atom. The molecule has 1 amide bonds. The summed E-state index contributed by atoms with van der Waals surface area (Å²) in [6.07, 6.45) is 0.651. The number of aromatic nitrogens is 2. The summed E-state index contributed by atoms with van der Waals surface area (Å²) < 4.78 is 5.64. The number of carbonyl (C=O) groups is 1. The predicted octanol–water partition coefficient (Wildman–Crippen LogP) is 3.82. The molecule has 2 aromatic heterocycles. The number of hydroxylamine groups is 2. The molecule has 140 valence electrons. The maximum atomic E-state index is 12.4. The van der Waals surface area contributed by atoms with Gasteiger partial charge in [-0.3, -0.25) is 9.63 Å². The van der Waals surface area contributed by atoms with Gasteiger partial charge in [0.25, 0.3) is 5.91 Å². The third-order valence-corrected chi connectivity index (χ3v) is 5.90. The molecule has 3 aromatic rings. The maximum absolute atomic E-state index is 12.4. The highest BCUT2D eigenvalue weighted by Gasteiger charge is 2.27. The van der Waals surface area contributed by atoms with Gasteiger partial charge in [0.05, 0.1) is 34.3 Å². The lowest BCUT2D eigenvalue weighted by Crippen LogP contribution is -2.24. The monoisotopic (exact) mass is 424 g/mol. The largest absolute Gasteiger partial charge is 0.491 e. The summed E-state index contributed by atoms with van der Waals surface area (Å²) in [4.78, 5) is 27.1. The zero-order valence-electron chi connectivity index (χ0n) is 14.4. The van der Waals surface area contributed by atoms with Crippen LogP contribution in [-0.2, 0) is 11.3 Å². The van der Waals surface area contributed by atoms with Crippen LogP contribution in [-0.4, -0.2) is 41.7 Å². The summed E-state index contributed by atoms with van der Waals surface area (Å²) in [5.41, 5.74) is 8.05. The molecule has 7 nitrogen and oxygen atoms in total. The van der Waals surface area contributed by atoms with E-state index in [1.165, 1.54) is 25.5 Å². The zero-order chi connectivity index (χ0) is 19.3. The SMILES string of the molecule is CON(C)C(=O)c1cc2c(-c3c(Cl)cc(Cl)c4c3CCO4)nc(N)nc2s1. The van der Waals surface area contributed by atoms with Crippen molar-refractivity contribution in [1.82, 2.24) is 15.0 Å². The number of halogens is 2. The topological polar surface area (TPSA) is 90.6 Å². The van der Waals surface area contributed by atoms with Gasteiger partial charge in [0, 0.05) is 30.0 Å². The number of benzene rings is 1. The molecular weight excluding hydrogens is 411 g/mol. The molecule has 10 heteroatoms. The van der Waals surface area contributed by atoms with Gasteiger partial charge in [-0.05, 0) is 12.1 Å². The number of ether oxygens (including phenoxy) is 1. The van der Waals surface area contributed by atoms with Crippen molar-refractivity contribution in [3.8, 4) is 17.0 Å². The van der Waals surface area contributed by atoms with E-state index in [1.54, 1.807) is 12.1 Å². The summed E-state index contributed by atoms with van der Waals surface area (Å²) >= 11 is 14.0. The number of anilines is 1. The number of hydrogen-bond donors (Lipinski definition) is 1. The quantitative estimate of drug-likeness (QED) is 0.642. The molecule has 0 fully saturated rings. The first-order valence-electron chi connectivity index (χ1n) is 7.94. The average molecular weight is 425 g/mol. The van der Waals surface area contributed by atoms with E-state index in [9.17, 15) is 4.79 Å². The molecular formula is C17H14Cl2N4O3S. The standard InChI is InChI=1S/C17H14Cl2N4O3S/c1-23(25-2)16(24)11-5-8-13(21-17(20)22-15(8)27-11)12-7-3-4-26-14(7)10(19)6-9(12)18/h5-6H,3-4H2,1-2H3,(H2,20,21,22). The van der Waals surface area contributed by atoms with Crippen molar-refractivity contribution in [3.05, 3.63) is 32.6 Å². The minimum atomic E-state index is -0.291. The molecule has 0 saturated heterocycles. The fraction of sp³-hybridized carbons (Fsp3) is 0.235. The Labute approximate surface area is 168 Å². The number of nitrogens with two attached hydrogens (primary N) is 1. The number of rotatable bonds is 3. The number of nitrogens with zero attached hydrogens (tertiary/aromatic N) is 3. The van der Waals surface area contributed by atoms with E-state index in [2.05, 4.69) is 9.97 Å². The lowest BCUT2D eigenvalue weighted by Gasteiger charge is -2.12. The number of carbonyl (C=O) groups excluding carboxylic acids is 1. The van der Waals surface area contributed by atoms with Crippen LogP contribution in [0.4, 0.5) is 5.95 Å². The molecule has 4 rings (SSSR count). The van der Waals surface area contributed by atoms with Crippen LogP contribution >= 0.6 is 34.5 Å². The van der Waals surface area contributed by atoms with Crippen LogP contribution in [0.2, 0.25) is 10.0 Å². The van der Waals surface area contributed by atoms with Crippen molar-refractivity contribution in [2.24, 2.45) is 0 Å². The molecule has 0 spiro atoms. The van der Waals surface area contributed by atoms with Crippen LogP contribution in [0.5, 0.6) is 5.75 Å². The maximum Gasteiger partial charge on any atom is 0.287 e. The highest BCUT2D eigenvalue weighted by Crippen LogP contribution is 2.46. The molecule has 2 N–H and O–H groups in total. The van der Waals surface area contributed by atoms with Gasteiger partial charge in [-0.2, -0.15) is 0 Å². The molecule has 1 aliphatic heterocycles. The van der Waals surface area contributed by atoms with Crippen LogP contribution < -0.4 is 10.5 Å². The first kappa shape index (κ1) is 18.2. The first-order chi connectivity index (χ1) is 12.9. The molecule has 0 aliphatic carbocycles. The van der Waals surface area contributed by atoms with E-state index in [4.69, 9.17) is 38.5 Å². The van der Waals surface area contributed by atoms with Gasteiger partial charge >= 0.3 is 0 Å². The van der Waals surface area contributed by atoms with Gasteiger partial charge in [-0.1, -0.05) is 23.2 Å². The number of hydrogen-bond acceptors (Lipinski definition) is 7. The number of thiophene rings is 1. The van der Waals surface area contributed by atoms with Gasteiger partial charge in [0.15, 0.2) is 0 Å². The average Bonchev–Trinajstić information content (AvgIpc) is 3.27. The molecule has 0 radical (unpaired) electrons. The van der Waals surface area contributed by atoms with Crippen molar-refractivity contribution >= 4 is 56.6 Å². The van der Waals surface area contributed by atoms with Crippen LogP contribution in [0.25, 0.3) is 21.5 Å². The summed E-state index contributed by atoms with van der Waals surface area (Å²) in [6, 6.07) is 3.35. The van der Waals surface area contributed by atoms with Crippen molar-refractivity contribution in [3.63, 3.8) is 0 Å². The number of nitrogen functional groups attached to an aromatic ring is 1. The fourth-order valence-corrected chi connectivity index (χ4v) is 4.68. The Morgan fingerprint density at radius 1 is 1.33 bits per heavy atom. The molecule has 0 atom stereocenters. The second-order valence-corrected chi connectivity index (χ2v) is 7.71. The van der Waals surface area contributed by atoms with Gasteiger partial charge in [0.1, 0.15) is 10.6 Å². The molecule has 0 bridgehead atoms. The second kappa shape index (κ2) is 6.79. The Balaban J connectivity index is 1.97. The smallest absolute Gasteiger partial charge is 0.287 e. The third-order valence-electron chi connectivity index (χ3n) is 4.30. The first-order valence-corrected chi connectivity index (χ1v) is 9.51. The van der Waals surface area contributed by atoms with Gasteiger partial charge in [-0.25, -0.2) is 15.0 Å². The Morgan fingerprint density at radius 2 is 2.11 bits per heavy atom. The van der Waals surface area contributed by atoms with E-state index in [0.29, 0.717) is 55.2 Å². The zero-order valence-corrected chi connectivity index (χ0v) is 16.7. The Bertz CT molecular complexity index is 1090.